The summed E-state index contributed by atoms with van der Waals surface area (Å²) < 4.78 is 5.32. The summed E-state index contributed by atoms with van der Waals surface area (Å²) >= 11 is 0. The highest BCUT2D eigenvalue weighted by Crippen LogP contribution is 2.37. The molecular weight excluding hydrogens is 208 g/mol. The topological polar surface area (TPSA) is 66.8 Å². The number of hydrogen-bond acceptors (Lipinski definition) is 4. The van der Waals surface area contributed by atoms with Crippen molar-refractivity contribution in [2.45, 2.75) is 39.9 Å². The first-order chi connectivity index (χ1) is 7.32. The van der Waals surface area contributed by atoms with Crippen molar-refractivity contribution >= 4 is 5.97 Å². The fourth-order valence-electron chi connectivity index (χ4n) is 2.09. The molecule has 4 nitrogen and oxygen atoms in total. The van der Waals surface area contributed by atoms with Crippen LogP contribution in [0, 0.1) is 11.3 Å². The Bertz CT molecular complexity index is 306. The van der Waals surface area contributed by atoms with Gasteiger partial charge in [0.25, 0.3) is 0 Å². The molecule has 0 aromatic rings. The van der Waals surface area contributed by atoms with Crippen LogP contribution in [0.1, 0.15) is 27.7 Å². The zero-order valence-corrected chi connectivity index (χ0v) is 10.2. The first-order valence-electron chi connectivity index (χ1n) is 5.49. The van der Waals surface area contributed by atoms with Crippen molar-refractivity contribution < 1.29 is 19.7 Å². The maximum Gasteiger partial charge on any atom is 0.314 e. The molecule has 16 heavy (non-hydrogen) atoms. The van der Waals surface area contributed by atoms with E-state index in [4.69, 9.17) is 9.84 Å². The number of esters is 1. The summed E-state index contributed by atoms with van der Waals surface area (Å²) in [6.07, 6.45) is 0.419. The van der Waals surface area contributed by atoms with E-state index in [-0.39, 0.29) is 12.5 Å². The molecule has 4 heteroatoms. The van der Waals surface area contributed by atoms with Crippen LogP contribution in [0.4, 0.5) is 0 Å². The Morgan fingerprint density at radius 3 is 2.62 bits per heavy atom. The zero-order valence-electron chi connectivity index (χ0n) is 10.2. The molecule has 1 aliphatic rings. The molecule has 0 spiro atoms. The van der Waals surface area contributed by atoms with Crippen LogP contribution in [0.2, 0.25) is 0 Å². The minimum Gasteiger partial charge on any atom is -0.457 e. The largest absolute Gasteiger partial charge is 0.457 e. The van der Waals surface area contributed by atoms with Gasteiger partial charge in [0.15, 0.2) is 0 Å². The van der Waals surface area contributed by atoms with Gasteiger partial charge in [-0.3, -0.25) is 4.79 Å². The van der Waals surface area contributed by atoms with Crippen LogP contribution in [0.15, 0.2) is 11.6 Å². The average Bonchev–Trinajstić information content (AvgIpc) is 2.21. The normalized spacial score (nSPS) is 34.8. The summed E-state index contributed by atoms with van der Waals surface area (Å²) in [4.78, 5) is 11.7. The lowest BCUT2D eigenvalue weighted by molar-refractivity contribution is -0.187. The van der Waals surface area contributed by atoms with Gasteiger partial charge in [0, 0.05) is 5.92 Å². The van der Waals surface area contributed by atoms with Gasteiger partial charge in [-0.05, 0) is 26.3 Å². The standard InChI is InChI=1S/C12H20O4/c1-7(5-6-13)9-8(2)10(14)12(3,4)11(15)16-9/h5,8-10,13-14H,6H2,1-4H3/b7-5+/t8-,9-,10-/m0/s1. The molecule has 2 N–H and O–H groups in total. The third-order valence-corrected chi connectivity index (χ3v) is 3.34. The van der Waals surface area contributed by atoms with E-state index in [1.165, 1.54) is 0 Å². The van der Waals surface area contributed by atoms with Gasteiger partial charge in [-0.15, -0.1) is 0 Å². The predicted octanol–water partition coefficient (Wildman–Crippen LogP) is 0.874. The van der Waals surface area contributed by atoms with Gasteiger partial charge in [0.2, 0.25) is 0 Å². The van der Waals surface area contributed by atoms with Crippen LogP contribution in [-0.4, -0.2) is 35.0 Å². The molecule has 0 aliphatic carbocycles. The van der Waals surface area contributed by atoms with Crippen molar-refractivity contribution in [2.24, 2.45) is 11.3 Å². The molecule has 0 amide bonds. The summed E-state index contributed by atoms with van der Waals surface area (Å²) in [5, 5.41) is 18.9. The van der Waals surface area contributed by atoms with E-state index in [1.807, 2.05) is 6.92 Å². The van der Waals surface area contributed by atoms with Gasteiger partial charge in [-0.2, -0.15) is 0 Å². The molecule has 3 atom stereocenters. The molecule has 0 bridgehead atoms. The van der Waals surface area contributed by atoms with Gasteiger partial charge in [0.1, 0.15) is 6.10 Å². The zero-order chi connectivity index (χ0) is 12.5. The number of aliphatic hydroxyl groups is 2. The Kier molecular flexibility index (Phi) is 3.76. The van der Waals surface area contributed by atoms with Crippen molar-refractivity contribution in [3.8, 4) is 0 Å². The van der Waals surface area contributed by atoms with Crippen LogP contribution in [0.5, 0.6) is 0 Å². The van der Waals surface area contributed by atoms with Crippen LogP contribution in [0.25, 0.3) is 0 Å². The van der Waals surface area contributed by atoms with Gasteiger partial charge in [-0.25, -0.2) is 0 Å². The van der Waals surface area contributed by atoms with E-state index in [2.05, 4.69) is 0 Å². The third-order valence-electron chi connectivity index (χ3n) is 3.34. The highest BCUT2D eigenvalue weighted by molar-refractivity contribution is 5.78. The SMILES string of the molecule is C/C(=C\CO)[C@@H]1OC(=O)C(C)(C)[C@@H](O)[C@H]1C. The molecule has 0 saturated carbocycles. The summed E-state index contributed by atoms with van der Waals surface area (Å²) in [7, 11) is 0. The molecule has 0 aromatic carbocycles. The number of hydrogen-bond donors (Lipinski definition) is 2. The second-order valence-electron chi connectivity index (χ2n) is 4.98. The minimum absolute atomic E-state index is 0.0912. The van der Waals surface area contributed by atoms with E-state index < -0.39 is 23.6 Å². The van der Waals surface area contributed by atoms with Crippen molar-refractivity contribution in [3.05, 3.63) is 11.6 Å². The quantitative estimate of drug-likeness (QED) is 0.543. The smallest absolute Gasteiger partial charge is 0.314 e. The Hall–Kier alpha value is -0.870. The van der Waals surface area contributed by atoms with E-state index in [1.54, 1.807) is 26.8 Å². The molecule has 0 aromatic heterocycles. The van der Waals surface area contributed by atoms with E-state index in [0.29, 0.717) is 0 Å². The van der Waals surface area contributed by atoms with E-state index in [0.717, 1.165) is 5.57 Å². The number of rotatable bonds is 2. The Balaban J connectivity index is 2.94. The molecule has 1 saturated heterocycles. The number of carbonyl (C=O) groups is 1. The molecule has 1 rings (SSSR count). The van der Waals surface area contributed by atoms with Crippen molar-refractivity contribution in [1.29, 1.82) is 0 Å². The lowest BCUT2D eigenvalue weighted by atomic mass is 9.74. The fraction of sp³-hybridized carbons (Fsp3) is 0.750. The summed E-state index contributed by atoms with van der Waals surface area (Å²) in [6, 6.07) is 0. The van der Waals surface area contributed by atoms with Crippen LogP contribution in [-0.2, 0) is 9.53 Å². The van der Waals surface area contributed by atoms with Gasteiger partial charge in [-0.1, -0.05) is 13.0 Å². The van der Waals surface area contributed by atoms with Crippen molar-refractivity contribution in [2.75, 3.05) is 6.61 Å². The maximum atomic E-state index is 11.7. The number of cyclic esters (lactones) is 1. The molecule has 1 aliphatic heterocycles. The van der Waals surface area contributed by atoms with Gasteiger partial charge >= 0.3 is 5.97 Å². The highest BCUT2D eigenvalue weighted by atomic mass is 16.6. The number of aliphatic hydroxyl groups excluding tert-OH is 2. The monoisotopic (exact) mass is 228 g/mol. The Morgan fingerprint density at radius 2 is 2.12 bits per heavy atom. The minimum atomic E-state index is -0.866. The van der Waals surface area contributed by atoms with Crippen LogP contribution < -0.4 is 0 Å². The molecule has 0 unspecified atom stereocenters. The molecular formula is C12H20O4. The maximum absolute atomic E-state index is 11.7. The van der Waals surface area contributed by atoms with E-state index >= 15 is 0 Å². The predicted molar refractivity (Wildman–Crippen MR) is 59.7 cm³/mol. The molecule has 0 radical (unpaired) electrons. The highest BCUT2D eigenvalue weighted by Gasteiger charge is 2.49. The summed E-state index contributed by atoms with van der Waals surface area (Å²) in [6.45, 7) is 6.90. The third kappa shape index (κ3) is 2.13. The second kappa shape index (κ2) is 4.55. The van der Waals surface area contributed by atoms with E-state index in [9.17, 15) is 9.90 Å². The lowest BCUT2D eigenvalue weighted by Gasteiger charge is -2.42. The Labute approximate surface area is 95.9 Å². The summed E-state index contributed by atoms with van der Waals surface area (Å²) in [5.74, 6) is -0.565. The van der Waals surface area contributed by atoms with Crippen LogP contribution >= 0.6 is 0 Å². The Morgan fingerprint density at radius 1 is 1.56 bits per heavy atom. The first kappa shape index (κ1) is 13.2. The molecule has 92 valence electrons. The number of carbonyl (C=O) groups excluding carboxylic acids is 1. The first-order valence-corrected chi connectivity index (χ1v) is 5.49. The molecule has 1 heterocycles. The van der Waals surface area contributed by atoms with Crippen molar-refractivity contribution in [1.82, 2.24) is 0 Å². The lowest BCUT2D eigenvalue weighted by Crippen LogP contribution is -2.53. The second-order valence-corrected chi connectivity index (χ2v) is 4.98. The average molecular weight is 228 g/mol. The van der Waals surface area contributed by atoms with Crippen LogP contribution in [0.3, 0.4) is 0 Å². The summed E-state index contributed by atoms with van der Waals surface area (Å²) in [5.41, 5.74) is -0.0898. The van der Waals surface area contributed by atoms with Crippen molar-refractivity contribution in [3.63, 3.8) is 0 Å². The van der Waals surface area contributed by atoms with Gasteiger partial charge in [0.05, 0.1) is 18.1 Å². The number of ether oxygens (including phenoxy) is 1. The van der Waals surface area contributed by atoms with Gasteiger partial charge < -0.3 is 14.9 Å². The molecule has 1 fully saturated rings. The fourth-order valence-corrected chi connectivity index (χ4v) is 2.09.